The highest BCUT2D eigenvalue weighted by atomic mass is 31.2. The maximum Gasteiger partial charge on any atom is 0.306 e. The van der Waals surface area contributed by atoms with E-state index in [9.17, 15) is 19.0 Å². The highest BCUT2D eigenvalue weighted by Gasteiger charge is 2.22. The van der Waals surface area contributed by atoms with Gasteiger partial charge in [0.05, 0.1) is 27.7 Å². The molecule has 0 aliphatic carbocycles. The number of nitrogens with zero attached hydrogens (tertiary/aromatic N) is 1. The van der Waals surface area contributed by atoms with Crippen LogP contribution in [0.25, 0.3) is 0 Å². The second kappa shape index (κ2) is 73.7. The molecular formula is C84H148NO8P. The summed E-state index contributed by atoms with van der Waals surface area (Å²) in [5.41, 5.74) is 0. The first kappa shape index (κ1) is 90.4. The van der Waals surface area contributed by atoms with Crippen LogP contribution < -0.4 is 4.89 Å². The first-order valence-electron chi connectivity index (χ1n) is 39.2. The molecule has 9 nitrogen and oxygen atoms in total. The molecule has 0 aromatic heterocycles. The lowest BCUT2D eigenvalue weighted by Crippen LogP contribution is -2.37. The van der Waals surface area contributed by atoms with E-state index in [4.69, 9.17) is 18.5 Å². The van der Waals surface area contributed by atoms with E-state index in [0.717, 1.165) is 103 Å². The molecule has 2 unspecified atom stereocenters. The summed E-state index contributed by atoms with van der Waals surface area (Å²) in [7, 11) is 1.17. The van der Waals surface area contributed by atoms with Gasteiger partial charge in [0, 0.05) is 12.8 Å². The van der Waals surface area contributed by atoms with Gasteiger partial charge >= 0.3 is 11.9 Å². The van der Waals surface area contributed by atoms with Crippen LogP contribution in [0.15, 0.2) is 122 Å². The minimum atomic E-state index is -4.65. The molecular weight excluding hydrogens is 1180 g/mol. The lowest BCUT2D eigenvalue weighted by molar-refractivity contribution is -0.870. The van der Waals surface area contributed by atoms with Gasteiger partial charge in [0.25, 0.3) is 7.82 Å². The van der Waals surface area contributed by atoms with Crippen molar-refractivity contribution in [3.05, 3.63) is 122 Å². The molecule has 0 spiro atoms. The van der Waals surface area contributed by atoms with Crippen LogP contribution in [0.3, 0.4) is 0 Å². The molecule has 0 fully saturated rings. The number of allylic oxidation sites excluding steroid dienone is 20. The molecule has 0 aliphatic rings. The minimum absolute atomic E-state index is 0.0347. The van der Waals surface area contributed by atoms with E-state index in [-0.39, 0.29) is 32.0 Å². The number of esters is 2. The third-order valence-electron chi connectivity index (χ3n) is 17.0. The van der Waals surface area contributed by atoms with Crippen LogP contribution in [-0.4, -0.2) is 70.0 Å². The lowest BCUT2D eigenvalue weighted by atomic mass is 10.0. The molecule has 0 saturated heterocycles. The van der Waals surface area contributed by atoms with Gasteiger partial charge in [-0.3, -0.25) is 14.2 Å². The molecule has 0 rings (SSSR count). The van der Waals surface area contributed by atoms with Gasteiger partial charge in [0.1, 0.15) is 19.8 Å². The van der Waals surface area contributed by atoms with Crippen molar-refractivity contribution < 1.29 is 42.1 Å². The van der Waals surface area contributed by atoms with Gasteiger partial charge in [-0.25, -0.2) is 0 Å². The number of phosphoric ester groups is 1. The number of ether oxygens (including phenoxy) is 2. The highest BCUT2D eigenvalue weighted by molar-refractivity contribution is 7.45. The summed E-state index contributed by atoms with van der Waals surface area (Å²) in [5.74, 6) is -0.828. The van der Waals surface area contributed by atoms with Gasteiger partial charge < -0.3 is 27.9 Å². The monoisotopic (exact) mass is 1330 g/mol. The molecule has 0 aliphatic heterocycles. The van der Waals surface area contributed by atoms with Crippen LogP contribution in [0.2, 0.25) is 0 Å². The Morgan fingerprint density at radius 1 is 0.340 bits per heavy atom. The standard InChI is InChI=1S/C84H148NO8P/c1-6-8-10-12-14-16-18-20-22-24-26-28-30-32-34-36-38-40-41-42-43-45-46-48-50-52-54-56-58-60-62-64-66-68-70-72-74-76-83(86)90-80-82(81-92-94(88,89)91-79-78-85(3,4)5)93-84(87)77-75-73-71-69-67-65-63-61-59-57-55-53-51-49-47-44-39-37-35-33-31-29-27-25-23-21-19-17-15-13-11-9-7-2/h9,11,15,17-18,20-21,23-24,26-27,29-30,32-33,35,39,44,49,51,82H,6-8,10,12-14,16,19,22,25,28,31,34,36-38,40-43,45-48,50,52-81H2,1-5H3/b11-9-,17-15-,20-18-,23-21-,26-24-,29-27-,32-30-,35-33-,44-39-,51-49-. The van der Waals surface area contributed by atoms with Crippen molar-refractivity contribution in [2.75, 3.05) is 47.5 Å². The van der Waals surface area contributed by atoms with E-state index in [1.54, 1.807) is 0 Å². The predicted octanol–water partition coefficient (Wildman–Crippen LogP) is 25.5. The second-order valence-corrected chi connectivity index (χ2v) is 28.8. The lowest BCUT2D eigenvalue weighted by Gasteiger charge is -2.28. The molecule has 0 N–H and O–H groups in total. The number of unbranched alkanes of at least 4 members (excludes halogenated alkanes) is 38. The molecule has 0 heterocycles. The number of hydrogen-bond acceptors (Lipinski definition) is 8. The van der Waals surface area contributed by atoms with Crippen LogP contribution in [0.5, 0.6) is 0 Å². The van der Waals surface area contributed by atoms with E-state index in [1.807, 2.05) is 21.1 Å². The van der Waals surface area contributed by atoms with Crippen LogP contribution in [0.1, 0.15) is 348 Å². The Morgan fingerprint density at radius 3 is 0.904 bits per heavy atom. The molecule has 94 heavy (non-hydrogen) atoms. The fourth-order valence-electron chi connectivity index (χ4n) is 11.0. The summed E-state index contributed by atoms with van der Waals surface area (Å²) >= 11 is 0. The molecule has 0 aromatic rings. The number of carbonyl (C=O) groups is 2. The largest absolute Gasteiger partial charge is 0.756 e. The topological polar surface area (TPSA) is 111 Å². The number of rotatable bonds is 72. The van der Waals surface area contributed by atoms with Crippen molar-refractivity contribution in [1.29, 1.82) is 0 Å². The quantitative estimate of drug-likeness (QED) is 0.0195. The van der Waals surface area contributed by atoms with Gasteiger partial charge in [-0.05, 0) is 109 Å². The third-order valence-corrected chi connectivity index (χ3v) is 17.9. The molecule has 0 bridgehead atoms. The first-order valence-corrected chi connectivity index (χ1v) is 40.7. The third kappa shape index (κ3) is 77.4. The Kier molecular flexibility index (Phi) is 70.8. The Bertz CT molecular complexity index is 2010. The summed E-state index contributed by atoms with van der Waals surface area (Å²) in [6.07, 6.45) is 106. The van der Waals surface area contributed by atoms with E-state index in [0.29, 0.717) is 17.4 Å². The van der Waals surface area contributed by atoms with Crippen molar-refractivity contribution in [1.82, 2.24) is 0 Å². The average molecular weight is 1330 g/mol. The summed E-state index contributed by atoms with van der Waals surface area (Å²) in [4.78, 5) is 38.2. The van der Waals surface area contributed by atoms with Gasteiger partial charge in [-0.1, -0.05) is 347 Å². The fourth-order valence-corrected chi connectivity index (χ4v) is 11.7. The van der Waals surface area contributed by atoms with E-state index >= 15 is 0 Å². The Labute approximate surface area is 581 Å². The second-order valence-electron chi connectivity index (χ2n) is 27.3. The Morgan fingerprint density at radius 2 is 0.606 bits per heavy atom. The van der Waals surface area contributed by atoms with Crippen molar-refractivity contribution in [2.45, 2.75) is 354 Å². The van der Waals surface area contributed by atoms with Crippen LogP contribution in [-0.2, 0) is 32.7 Å². The zero-order valence-corrected chi connectivity index (χ0v) is 62.8. The predicted molar refractivity (Wildman–Crippen MR) is 406 cm³/mol. The number of quaternary nitrogens is 1. The van der Waals surface area contributed by atoms with Crippen molar-refractivity contribution >= 4 is 19.8 Å². The molecule has 0 radical (unpaired) electrons. The van der Waals surface area contributed by atoms with E-state index < -0.39 is 26.5 Å². The first-order chi connectivity index (χ1) is 46.0. The molecule has 10 heteroatoms. The number of hydrogen-bond donors (Lipinski definition) is 0. The molecule has 542 valence electrons. The molecule has 0 saturated carbocycles. The Balaban J connectivity index is 3.99. The number of likely N-dealkylation sites (N-methyl/N-ethyl adjacent to an activating group) is 1. The SMILES string of the molecule is CC/C=C\C/C=C\C/C=C\C/C=C\C/C=C\C/C=C\C/C=C\CCCCCCCCCCCCCC(=O)OC(COC(=O)CCCCCCCCCCCCCCCCCCCCCCCC/C=C\C/C=C\C/C=C\CCCCCCC)COP(=O)([O-])OCC[N+](C)(C)C. The number of phosphoric acid groups is 1. The summed E-state index contributed by atoms with van der Waals surface area (Å²) in [6, 6.07) is 0. The van der Waals surface area contributed by atoms with Gasteiger partial charge in [0.2, 0.25) is 0 Å². The van der Waals surface area contributed by atoms with Gasteiger partial charge in [-0.2, -0.15) is 0 Å². The normalized spacial score (nSPS) is 13.7. The summed E-state index contributed by atoms with van der Waals surface area (Å²) in [5, 5.41) is 0. The van der Waals surface area contributed by atoms with E-state index in [2.05, 4.69) is 135 Å². The maximum absolute atomic E-state index is 12.9. The summed E-state index contributed by atoms with van der Waals surface area (Å²) in [6.45, 7) is 4.14. The molecule has 2 atom stereocenters. The zero-order valence-electron chi connectivity index (χ0n) is 61.9. The van der Waals surface area contributed by atoms with Crippen molar-refractivity contribution in [3.8, 4) is 0 Å². The Hall–Kier alpha value is -3.59. The van der Waals surface area contributed by atoms with Crippen LogP contribution in [0.4, 0.5) is 0 Å². The molecule has 0 aromatic carbocycles. The van der Waals surface area contributed by atoms with Gasteiger partial charge in [0.15, 0.2) is 6.10 Å². The van der Waals surface area contributed by atoms with Gasteiger partial charge in [-0.15, -0.1) is 0 Å². The maximum atomic E-state index is 12.9. The highest BCUT2D eigenvalue weighted by Crippen LogP contribution is 2.38. The zero-order chi connectivity index (χ0) is 68.3. The minimum Gasteiger partial charge on any atom is -0.756 e. The average Bonchev–Trinajstić information content (AvgIpc) is 1.56. The van der Waals surface area contributed by atoms with Crippen molar-refractivity contribution in [2.24, 2.45) is 0 Å². The van der Waals surface area contributed by atoms with Crippen LogP contribution in [0, 0.1) is 0 Å². The molecule has 0 amide bonds. The summed E-state index contributed by atoms with van der Waals surface area (Å²) < 4.78 is 34.4. The fraction of sp³-hybridized carbons (Fsp3) is 0.738. The van der Waals surface area contributed by atoms with Crippen LogP contribution >= 0.6 is 7.82 Å². The van der Waals surface area contributed by atoms with E-state index in [1.165, 1.54) is 212 Å². The smallest absolute Gasteiger partial charge is 0.306 e. The van der Waals surface area contributed by atoms with Crippen molar-refractivity contribution in [3.63, 3.8) is 0 Å². The number of carbonyl (C=O) groups excluding carboxylic acids is 2.